The van der Waals surface area contributed by atoms with Crippen LogP contribution in [0.15, 0.2) is 24.3 Å². The van der Waals surface area contributed by atoms with Crippen LogP contribution >= 0.6 is 0 Å². The Labute approximate surface area is 100 Å². The molecule has 1 heterocycles. The van der Waals surface area contributed by atoms with Crippen molar-refractivity contribution in [2.24, 2.45) is 0 Å². The van der Waals surface area contributed by atoms with E-state index in [1.54, 1.807) is 0 Å². The van der Waals surface area contributed by atoms with Gasteiger partial charge in [-0.05, 0) is 18.4 Å². The van der Waals surface area contributed by atoms with Crippen LogP contribution in [0.3, 0.4) is 0 Å². The second-order valence-electron chi connectivity index (χ2n) is 4.80. The molecule has 1 aliphatic heterocycles. The van der Waals surface area contributed by atoms with Crippen LogP contribution in [0.1, 0.15) is 41.1 Å². The van der Waals surface area contributed by atoms with E-state index in [1.807, 2.05) is 29.2 Å². The number of amides is 1. The zero-order chi connectivity index (χ0) is 11.8. The SMILES string of the molecule is O=C1CC(C(=O)N2CCCC2)c2ccccc21. The Bertz CT molecular complexity index is 475. The van der Waals surface area contributed by atoms with Crippen molar-refractivity contribution in [3.8, 4) is 0 Å². The first-order chi connectivity index (χ1) is 8.27. The first-order valence-corrected chi connectivity index (χ1v) is 6.18. The third-order valence-corrected chi connectivity index (χ3v) is 3.74. The zero-order valence-electron chi connectivity index (χ0n) is 9.69. The minimum absolute atomic E-state index is 0.109. The minimum Gasteiger partial charge on any atom is -0.342 e. The number of carbonyl (C=O) groups is 2. The molecule has 3 heteroatoms. The Balaban J connectivity index is 1.90. The second-order valence-corrected chi connectivity index (χ2v) is 4.80. The molecule has 88 valence electrons. The highest BCUT2D eigenvalue weighted by atomic mass is 16.2. The molecule has 1 saturated heterocycles. The Hall–Kier alpha value is -1.64. The maximum Gasteiger partial charge on any atom is 0.230 e. The van der Waals surface area contributed by atoms with Crippen LogP contribution in [0.2, 0.25) is 0 Å². The number of benzene rings is 1. The van der Waals surface area contributed by atoms with Crippen LogP contribution < -0.4 is 0 Å². The van der Waals surface area contributed by atoms with E-state index in [9.17, 15) is 9.59 Å². The summed E-state index contributed by atoms with van der Waals surface area (Å²) < 4.78 is 0. The topological polar surface area (TPSA) is 37.4 Å². The van der Waals surface area contributed by atoms with Crippen molar-refractivity contribution in [1.29, 1.82) is 0 Å². The Kier molecular flexibility index (Phi) is 2.46. The van der Waals surface area contributed by atoms with Crippen molar-refractivity contribution < 1.29 is 9.59 Å². The lowest BCUT2D eigenvalue weighted by Crippen LogP contribution is -2.31. The van der Waals surface area contributed by atoms with E-state index in [2.05, 4.69) is 0 Å². The smallest absolute Gasteiger partial charge is 0.230 e. The monoisotopic (exact) mass is 229 g/mol. The molecule has 0 N–H and O–H groups in total. The van der Waals surface area contributed by atoms with Crippen molar-refractivity contribution in [1.82, 2.24) is 4.90 Å². The highest BCUT2D eigenvalue weighted by Crippen LogP contribution is 2.34. The molecule has 3 rings (SSSR count). The number of ketones is 1. The molecule has 0 radical (unpaired) electrons. The highest BCUT2D eigenvalue weighted by Gasteiger charge is 2.36. The van der Waals surface area contributed by atoms with E-state index in [4.69, 9.17) is 0 Å². The van der Waals surface area contributed by atoms with E-state index in [1.165, 1.54) is 0 Å². The molecule has 1 aliphatic carbocycles. The zero-order valence-corrected chi connectivity index (χ0v) is 9.69. The molecule has 0 saturated carbocycles. The van der Waals surface area contributed by atoms with Gasteiger partial charge >= 0.3 is 0 Å². The normalized spacial score (nSPS) is 22.9. The Morgan fingerprint density at radius 2 is 1.88 bits per heavy atom. The minimum atomic E-state index is -0.225. The summed E-state index contributed by atoms with van der Waals surface area (Å²) in [5.74, 6) is 0.0238. The van der Waals surface area contributed by atoms with Crippen molar-refractivity contribution in [2.45, 2.75) is 25.2 Å². The molecular weight excluding hydrogens is 214 g/mol. The molecule has 1 unspecified atom stereocenters. The maximum absolute atomic E-state index is 12.3. The molecule has 3 nitrogen and oxygen atoms in total. The number of likely N-dealkylation sites (tertiary alicyclic amines) is 1. The fourth-order valence-electron chi connectivity index (χ4n) is 2.84. The second kappa shape index (κ2) is 3.99. The summed E-state index contributed by atoms with van der Waals surface area (Å²) in [6, 6.07) is 7.51. The standard InChI is InChI=1S/C14H15NO2/c16-13-9-12(10-5-1-2-6-11(10)13)14(17)15-7-3-4-8-15/h1-2,5-6,12H,3-4,7-9H2. The Morgan fingerprint density at radius 1 is 1.18 bits per heavy atom. The number of rotatable bonds is 1. The first kappa shape index (κ1) is 10.5. The van der Waals surface area contributed by atoms with Gasteiger partial charge in [0.25, 0.3) is 0 Å². The summed E-state index contributed by atoms with van der Waals surface area (Å²) in [4.78, 5) is 26.1. The van der Waals surface area contributed by atoms with Crippen LogP contribution in [0, 0.1) is 0 Å². The van der Waals surface area contributed by atoms with Gasteiger partial charge in [0.2, 0.25) is 5.91 Å². The summed E-state index contributed by atoms with van der Waals surface area (Å²) in [5, 5.41) is 0. The van der Waals surface area contributed by atoms with Gasteiger partial charge in [-0.3, -0.25) is 9.59 Å². The predicted octanol–water partition coefficient (Wildman–Crippen LogP) is 1.98. The van der Waals surface area contributed by atoms with Gasteiger partial charge in [-0.15, -0.1) is 0 Å². The van der Waals surface area contributed by atoms with Gasteiger partial charge in [0.1, 0.15) is 0 Å². The summed E-state index contributed by atoms with van der Waals surface area (Å²) in [6.07, 6.45) is 2.54. The molecule has 17 heavy (non-hydrogen) atoms. The summed E-state index contributed by atoms with van der Waals surface area (Å²) >= 11 is 0. The molecule has 0 spiro atoms. The largest absolute Gasteiger partial charge is 0.342 e. The summed E-state index contributed by atoms with van der Waals surface area (Å²) in [7, 11) is 0. The summed E-state index contributed by atoms with van der Waals surface area (Å²) in [5.41, 5.74) is 1.67. The van der Waals surface area contributed by atoms with Crippen molar-refractivity contribution >= 4 is 11.7 Å². The van der Waals surface area contributed by atoms with Crippen molar-refractivity contribution in [3.05, 3.63) is 35.4 Å². The number of Topliss-reactive ketones (excluding diaryl/α,β-unsaturated/α-hetero) is 1. The van der Waals surface area contributed by atoms with Crippen LogP contribution in [-0.2, 0) is 4.79 Å². The number of fused-ring (bicyclic) bond motifs is 1. The van der Waals surface area contributed by atoms with Gasteiger partial charge in [0.15, 0.2) is 5.78 Å². The predicted molar refractivity (Wildman–Crippen MR) is 63.9 cm³/mol. The van der Waals surface area contributed by atoms with Gasteiger partial charge in [0, 0.05) is 25.1 Å². The fourth-order valence-corrected chi connectivity index (χ4v) is 2.84. The van der Waals surface area contributed by atoms with Gasteiger partial charge in [-0.2, -0.15) is 0 Å². The van der Waals surface area contributed by atoms with Gasteiger partial charge in [-0.25, -0.2) is 0 Å². The van der Waals surface area contributed by atoms with Gasteiger partial charge in [0.05, 0.1) is 5.92 Å². The first-order valence-electron chi connectivity index (χ1n) is 6.18. The third-order valence-electron chi connectivity index (χ3n) is 3.74. The van der Waals surface area contributed by atoms with E-state index in [-0.39, 0.29) is 17.6 Å². The summed E-state index contributed by atoms with van der Waals surface area (Å²) in [6.45, 7) is 1.71. The molecule has 1 amide bonds. The third kappa shape index (κ3) is 1.66. The number of hydrogen-bond acceptors (Lipinski definition) is 2. The average Bonchev–Trinajstić information content (AvgIpc) is 2.97. The molecule has 1 fully saturated rings. The highest BCUT2D eigenvalue weighted by molar-refractivity contribution is 6.06. The molecule has 2 aliphatic rings. The average molecular weight is 229 g/mol. The molecule has 1 aromatic carbocycles. The number of carbonyl (C=O) groups excluding carboxylic acids is 2. The lowest BCUT2D eigenvalue weighted by Gasteiger charge is -2.19. The molecule has 0 bridgehead atoms. The molecule has 1 atom stereocenters. The van der Waals surface area contributed by atoms with E-state index in [0.717, 1.165) is 37.1 Å². The van der Waals surface area contributed by atoms with Crippen LogP contribution in [0.5, 0.6) is 0 Å². The lowest BCUT2D eigenvalue weighted by molar-refractivity contribution is -0.131. The quantitative estimate of drug-likeness (QED) is 0.738. The molecule has 0 aromatic heterocycles. The van der Waals surface area contributed by atoms with Crippen LogP contribution in [-0.4, -0.2) is 29.7 Å². The van der Waals surface area contributed by atoms with Crippen molar-refractivity contribution in [2.75, 3.05) is 13.1 Å². The van der Waals surface area contributed by atoms with Crippen LogP contribution in [0.4, 0.5) is 0 Å². The van der Waals surface area contributed by atoms with Gasteiger partial charge in [-0.1, -0.05) is 24.3 Å². The van der Waals surface area contributed by atoms with E-state index in [0.29, 0.717) is 6.42 Å². The van der Waals surface area contributed by atoms with Crippen LogP contribution in [0.25, 0.3) is 0 Å². The molecule has 1 aromatic rings. The maximum atomic E-state index is 12.3. The lowest BCUT2D eigenvalue weighted by atomic mass is 10.00. The van der Waals surface area contributed by atoms with Crippen molar-refractivity contribution in [3.63, 3.8) is 0 Å². The number of hydrogen-bond donors (Lipinski definition) is 0. The van der Waals surface area contributed by atoms with Gasteiger partial charge < -0.3 is 4.90 Å². The van der Waals surface area contributed by atoms with E-state index >= 15 is 0 Å². The number of nitrogens with zero attached hydrogens (tertiary/aromatic N) is 1. The van der Waals surface area contributed by atoms with E-state index < -0.39 is 0 Å². The molecular formula is C14H15NO2. The fraction of sp³-hybridized carbons (Fsp3) is 0.429. The Morgan fingerprint density at radius 3 is 2.65 bits per heavy atom.